The summed E-state index contributed by atoms with van der Waals surface area (Å²) >= 11 is 0. The van der Waals surface area contributed by atoms with Gasteiger partial charge in [0.25, 0.3) is 5.56 Å². The maximum Gasteiger partial charge on any atom is 0.293 e. The van der Waals surface area contributed by atoms with Gasteiger partial charge in [-0.1, -0.05) is 13.8 Å². The van der Waals surface area contributed by atoms with E-state index in [0.717, 1.165) is 45.4 Å². The van der Waals surface area contributed by atoms with Gasteiger partial charge in [0.1, 0.15) is 0 Å². The third-order valence-corrected chi connectivity index (χ3v) is 3.64. The first-order chi connectivity index (χ1) is 9.27. The Bertz CT molecular complexity index is 457. The summed E-state index contributed by atoms with van der Waals surface area (Å²) in [5.74, 6) is 0.622. The van der Waals surface area contributed by atoms with Gasteiger partial charge in [0.2, 0.25) is 0 Å². The van der Waals surface area contributed by atoms with E-state index < -0.39 is 0 Å². The Labute approximate surface area is 114 Å². The molecule has 106 valence electrons. The van der Waals surface area contributed by atoms with Crippen molar-refractivity contribution in [3.63, 3.8) is 0 Å². The van der Waals surface area contributed by atoms with Crippen LogP contribution in [0.5, 0.6) is 0 Å². The highest BCUT2D eigenvalue weighted by molar-refractivity contribution is 5.38. The monoisotopic (exact) mass is 264 g/mol. The Morgan fingerprint density at radius 2 is 2.32 bits per heavy atom. The van der Waals surface area contributed by atoms with Crippen LogP contribution < -0.4 is 15.8 Å². The summed E-state index contributed by atoms with van der Waals surface area (Å²) in [5, 5.41) is 3.37. The van der Waals surface area contributed by atoms with Crippen molar-refractivity contribution >= 4 is 5.82 Å². The number of aromatic nitrogens is 2. The molecule has 0 amide bonds. The molecule has 1 aliphatic rings. The summed E-state index contributed by atoms with van der Waals surface area (Å²) in [4.78, 5) is 18.9. The first-order valence-electron chi connectivity index (χ1n) is 7.30. The topological polar surface area (TPSA) is 50.2 Å². The minimum absolute atomic E-state index is 0.0488. The van der Waals surface area contributed by atoms with E-state index in [1.807, 2.05) is 0 Å². The fraction of sp³-hybridized carbons (Fsp3) is 0.714. The predicted octanol–water partition coefficient (Wildman–Crippen LogP) is 1.23. The Hall–Kier alpha value is -1.36. The van der Waals surface area contributed by atoms with E-state index in [1.54, 1.807) is 17.0 Å². The summed E-state index contributed by atoms with van der Waals surface area (Å²) in [5.41, 5.74) is 0.0488. The largest absolute Gasteiger partial charge is 0.348 e. The Kier molecular flexibility index (Phi) is 4.96. The molecule has 0 saturated carbocycles. The van der Waals surface area contributed by atoms with Gasteiger partial charge in [0.15, 0.2) is 5.82 Å². The SMILES string of the molecule is CCCn1ccnc(N2CCCC2CNCC)c1=O. The second-order valence-electron chi connectivity index (χ2n) is 5.05. The minimum Gasteiger partial charge on any atom is -0.348 e. The Balaban J connectivity index is 2.20. The average Bonchev–Trinajstić information content (AvgIpc) is 2.87. The number of hydrogen-bond donors (Lipinski definition) is 1. The average molecular weight is 264 g/mol. The number of nitrogens with zero attached hydrogens (tertiary/aromatic N) is 3. The van der Waals surface area contributed by atoms with Gasteiger partial charge in [-0.3, -0.25) is 4.79 Å². The fourth-order valence-corrected chi connectivity index (χ4v) is 2.69. The quantitative estimate of drug-likeness (QED) is 0.839. The number of aryl methyl sites for hydroxylation is 1. The van der Waals surface area contributed by atoms with Crippen molar-refractivity contribution < 1.29 is 0 Å². The lowest BCUT2D eigenvalue weighted by molar-refractivity contribution is 0.577. The van der Waals surface area contributed by atoms with Crippen molar-refractivity contribution in [3.8, 4) is 0 Å². The van der Waals surface area contributed by atoms with Crippen LogP contribution in [0.2, 0.25) is 0 Å². The van der Waals surface area contributed by atoms with Crippen molar-refractivity contribution in [2.24, 2.45) is 0 Å². The highest BCUT2D eigenvalue weighted by atomic mass is 16.1. The first kappa shape index (κ1) is 14.1. The number of hydrogen-bond acceptors (Lipinski definition) is 4. The molecule has 2 rings (SSSR count). The molecule has 0 aromatic carbocycles. The minimum atomic E-state index is 0.0488. The standard InChI is InChI=1S/C14H24N4O/c1-3-8-17-10-7-16-13(14(17)19)18-9-5-6-12(18)11-15-4-2/h7,10,12,15H,3-6,8-9,11H2,1-2H3. The maximum absolute atomic E-state index is 12.4. The molecule has 1 N–H and O–H groups in total. The van der Waals surface area contributed by atoms with Crippen LogP contribution >= 0.6 is 0 Å². The number of anilines is 1. The van der Waals surface area contributed by atoms with Gasteiger partial charge in [0, 0.05) is 38.1 Å². The molecule has 2 heterocycles. The van der Waals surface area contributed by atoms with Gasteiger partial charge in [-0.2, -0.15) is 0 Å². The van der Waals surface area contributed by atoms with Gasteiger partial charge in [-0.15, -0.1) is 0 Å². The molecule has 1 atom stereocenters. The molecule has 1 fully saturated rings. The second-order valence-corrected chi connectivity index (χ2v) is 5.05. The van der Waals surface area contributed by atoms with Gasteiger partial charge in [-0.05, 0) is 25.8 Å². The molecule has 0 aliphatic carbocycles. The normalized spacial score (nSPS) is 19.1. The summed E-state index contributed by atoms with van der Waals surface area (Å²) < 4.78 is 1.77. The lowest BCUT2D eigenvalue weighted by Gasteiger charge is -2.25. The molecular formula is C14H24N4O. The Morgan fingerprint density at radius 1 is 1.47 bits per heavy atom. The van der Waals surface area contributed by atoms with E-state index in [1.165, 1.54) is 0 Å². The molecule has 1 aromatic heterocycles. The van der Waals surface area contributed by atoms with Gasteiger partial charge in [0.05, 0.1) is 0 Å². The summed E-state index contributed by atoms with van der Waals surface area (Å²) in [6.45, 7) is 7.78. The van der Waals surface area contributed by atoms with E-state index in [4.69, 9.17) is 0 Å². The van der Waals surface area contributed by atoms with E-state index in [9.17, 15) is 4.79 Å². The molecule has 1 unspecified atom stereocenters. The van der Waals surface area contributed by atoms with E-state index in [0.29, 0.717) is 11.9 Å². The Morgan fingerprint density at radius 3 is 3.05 bits per heavy atom. The van der Waals surface area contributed by atoms with Crippen LogP contribution in [0.25, 0.3) is 0 Å². The molecule has 0 radical (unpaired) electrons. The van der Waals surface area contributed by atoms with Crippen LogP contribution in [0, 0.1) is 0 Å². The van der Waals surface area contributed by atoms with Crippen LogP contribution in [0.3, 0.4) is 0 Å². The molecule has 19 heavy (non-hydrogen) atoms. The van der Waals surface area contributed by atoms with Crippen molar-refractivity contribution in [3.05, 3.63) is 22.7 Å². The van der Waals surface area contributed by atoms with Crippen LogP contribution in [-0.2, 0) is 6.54 Å². The number of nitrogens with one attached hydrogen (secondary N) is 1. The summed E-state index contributed by atoms with van der Waals surface area (Å²) in [6.07, 6.45) is 6.76. The van der Waals surface area contributed by atoms with Gasteiger partial charge < -0.3 is 14.8 Å². The highest BCUT2D eigenvalue weighted by Crippen LogP contribution is 2.20. The lowest BCUT2D eigenvalue weighted by Crippen LogP contribution is -2.42. The van der Waals surface area contributed by atoms with Crippen molar-refractivity contribution in [2.75, 3.05) is 24.5 Å². The molecule has 0 spiro atoms. The summed E-state index contributed by atoms with van der Waals surface area (Å²) in [6, 6.07) is 0.401. The van der Waals surface area contributed by atoms with Gasteiger partial charge >= 0.3 is 0 Å². The van der Waals surface area contributed by atoms with Crippen LogP contribution in [0.1, 0.15) is 33.1 Å². The van der Waals surface area contributed by atoms with E-state index in [-0.39, 0.29) is 5.56 Å². The third-order valence-electron chi connectivity index (χ3n) is 3.64. The summed E-state index contributed by atoms with van der Waals surface area (Å²) in [7, 11) is 0. The predicted molar refractivity (Wildman–Crippen MR) is 77.7 cm³/mol. The molecular weight excluding hydrogens is 240 g/mol. The zero-order valence-electron chi connectivity index (χ0n) is 11.9. The molecule has 1 aromatic rings. The zero-order chi connectivity index (χ0) is 13.7. The van der Waals surface area contributed by atoms with E-state index >= 15 is 0 Å². The van der Waals surface area contributed by atoms with Crippen molar-refractivity contribution in [2.45, 2.75) is 45.7 Å². The fourth-order valence-electron chi connectivity index (χ4n) is 2.69. The second kappa shape index (κ2) is 6.70. The van der Waals surface area contributed by atoms with E-state index in [2.05, 4.69) is 29.0 Å². The highest BCUT2D eigenvalue weighted by Gasteiger charge is 2.27. The van der Waals surface area contributed by atoms with Crippen LogP contribution in [0.4, 0.5) is 5.82 Å². The number of likely N-dealkylation sites (N-methyl/N-ethyl adjacent to an activating group) is 1. The van der Waals surface area contributed by atoms with Gasteiger partial charge in [-0.25, -0.2) is 4.98 Å². The lowest BCUT2D eigenvalue weighted by atomic mass is 10.2. The third kappa shape index (κ3) is 3.15. The molecule has 1 saturated heterocycles. The van der Waals surface area contributed by atoms with Crippen molar-refractivity contribution in [1.29, 1.82) is 0 Å². The molecule has 0 bridgehead atoms. The van der Waals surface area contributed by atoms with Crippen LogP contribution in [0.15, 0.2) is 17.2 Å². The molecule has 5 nitrogen and oxygen atoms in total. The maximum atomic E-state index is 12.4. The van der Waals surface area contributed by atoms with Crippen molar-refractivity contribution in [1.82, 2.24) is 14.9 Å². The smallest absolute Gasteiger partial charge is 0.293 e. The molecule has 5 heteroatoms. The zero-order valence-corrected chi connectivity index (χ0v) is 11.9. The number of rotatable bonds is 6. The van der Waals surface area contributed by atoms with Crippen LogP contribution in [-0.4, -0.2) is 35.2 Å². The first-order valence-corrected chi connectivity index (χ1v) is 7.30. The molecule has 1 aliphatic heterocycles.